The lowest BCUT2D eigenvalue weighted by Gasteiger charge is -2.18. The van der Waals surface area contributed by atoms with E-state index in [2.05, 4.69) is 130 Å². The average molecular weight is 1150 g/mol. The van der Waals surface area contributed by atoms with Crippen LogP contribution in [0.5, 0.6) is 0 Å². The predicted molar refractivity (Wildman–Crippen MR) is 362 cm³/mol. The number of rotatable bonds is 64. The lowest BCUT2D eigenvalue weighted by Crippen LogP contribution is -2.30. The van der Waals surface area contributed by atoms with Crippen molar-refractivity contribution in [1.29, 1.82) is 0 Å². The molecule has 6 heteroatoms. The first-order valence-electron chi connectivity index (χ1n) is 35.4. The summed E-state index contributed by atoms with van der Waals surface area (Å²) in [6.45, 7) is 6.53. The topological polar surface area (TPSA) is 78.9 Å². The largest absolute Gasteiger partial charge is 0.462 e. The van der Waals surface area contributed by atoms with Gasteiger partial charge >= 0.3 is 17.9 Å². The number of hydrogen-bond donors (Lipinski definition) is 0. The summed E-state index contributed by atoms with van der Waals surface area (Å²) >= 11 is 0. The summed E-state index contributed by atoms with van der Waals surface area (Å²) in [4.78, 5) is 38.5. The zero-order chi connectivity index (χ0) is 59.9. The third-order valence-corrected chi connectivity index (χ3v) is 15.2. The van der Waals surface area contributed by atoms with E-state index in [1.54, 1.807) is 0 Å². The van der Waals surface area contributed by atoms with Crippen molar-refractivity contribution in [2.75, 3.05) is 13.2 Å². The summed E-state index contributed by atoms with van der Waals surface area (Å²) < 4.78 is 17.0. The van der Waals surface area contributed by atoms with Crippen molar-refractivity contribution in [2.24, 2.45) is 0 Å². The van der Waals surface area contributed by atoms with Gasteiger partial charge in [-0.15, -0.1) is 0 Å². The second-order valence-electron chi connectivity index (χ2n) is 23.4. The van der Waals surface area contributed by atoms with Crippen LogP contribution in [0.15, 0.2) is 109 Å². The van der Waals surface area contributed by atoms with Gasteiger partial charge in [0.1, 0.15) is 13.2 Å². The molecule has 0 spiro atoms. The summed E-state index contributed by atoms with van der Waals surface area (Å²) in [6, 6.07) is 0. The lowest BCUT2D eigenvalue weighted by atomic mass is 10.1. The SMILES string of the molecule is CC/C=C\C/C=C\C/C=C\C/C=C\CCCCCCCCCCCCC(=O)OCC(COC(=O)CCCCCCCCCCC/C=C\C/C=C\CCCCCCC)OC(=O)CCCCCCCC/C=C\C/C=C\C/C=C\CCCCCCC. The Morgan fingerprint density at radius 2 is 0.470 bits per heavy atom. The highest BCUT2D eigenvalue weighted by molar-refractivity contribution is 5.71. The van der Waals surface area contributed by atoms with E-state index in [0.29, 0.717) is 19.3 Å². The van der Waals surface area contributed by atoms with Crippen molar-refractivity contribution in [3.05, 3.63) is 109 Å². The summed E-state index contributed by atoms with van der Waals surface area (Å²) in [5, 5.41) is 0. The average Bonchev–Trinajstić information content (AvgIpc) is 3.49. The second-order valence-corrected chi connectivity index (χ2v) is 23.4. The third kappa shape index (κ3) is 68.7. The molecular weight excluding hydrogens is 1020 g/mol. The lowest BCUT2D eigenvalue weighted by molar-refractivity contribution is -0.167. The molecule has 0 aromatic heterocycles. The zero-order valence-corrected chi connectivity index (χ0v) is 54.7. The van der Waals surface area contributed by atoms with Gasteiger partial charge in [-0.05, 0) is 128 Å². The second kappa shape index (κ2) is 70.6. The number of esters is 3. The van der Waals surface area contributed by atoms with E-state index in [1.807, 2.05) is 0 Å². The van der Waals surface area contributed by atoms with Gasteiger partial charge in [-0.25, -0.2) is 0 Å². The van der Waals surface area contributed by atoms with E-state index in [9.17, 15) is 14.4 Å². The molecule has 476 valence electrons. The number of carbonyl (C=O) groups excluding carboxylic acids is 3. The van der Waals surface area contributed by atoms with Gasteiger partial charge in [-0.2, -0.15) is 0 Å². The minimum atomic E-state index is -0.793. The molecule has 0 bridgehead atoms. The standard InChI is InChI=1S/C77H132O6/c1-4-7-10-13-16-19-22-25-28-31-34-37-38-41-43-46-49-52-55-58-61-64-67-70-76(79)82-73-74(83-77(80)71-68-65-62-59-56-53-50-47-44-40-36-33-30-27-24-21-18-15-12-9-6-3)72-81-75(78)69-66-63-60-57-54-51-48-45-42-39-35-32-29-26-23-20-17-14-11-8-5-2/h7,10,16,19,23-28,32-37,44,47,74H,4-6,8-9,11-15,17-18,20-22,29-31,38-43,45-46,48-73H2,1-3H3/b10-7-,19-16-,26-23-,27-24-,28-25-,35-32-,36-33-,37-34-,47-44-. The normalized spacial score (nSPS) is 12.8. The van der Waals surface area contributed by atoms with Crippen molar-refractivity contribution in [2.45, 2.75) is 348 Å². The highest BCUT2D eigenvalue weighted by Gasteiger charge is 2.19. The Labute approximate surface area is 514 Å². The molecule has 0 aromatic carbocycles. The molecular formula is C77H132O6. The van der Waals surface area contributed by atoms with Crippen LogP contribution in [-0.2, 0) is 28.6 Å². The van der Waals surface area contributed by atoms with Gasteiger partial charge in [0.2, 0.25) is 0 Å². The Balaban J connectivity index is 4.42. The highest BCUT2D eigenvalue weighted by atomic mass is 16.6. The van der Waals surface area contributed by atoms with Crippen molar-refractivity contribution >= 4 is 17.9 Å². The molecule has 0 fully saturated rings. The highest BCUT2D eigenvalue weighted by Crippen LogP contribution is 2.16. The maximum atomic E-state index is 13.0. The number of allylic oxidation sites excluding steroid dienone is 18. The van der Waals surface area contributed by atoms with Gasteiger partial charge in [-0.3, -0.25) is 14.4 Å². The summed E-state index contributed by atoms with van der Waals surface area (Å²) in [5.74, 6) is -0.894. The molecule has 0 rings (SSSR count). The van der Waals surface area contributed by atoms with Gasteiger partial charge in [-0.1, -0.05) is 304 Å². The first kappa shape index (κ1) is 79.1. The number of ether oxygens (including phenoxy) is 3. The van der Waals surface area contributed by atoms with E-state index >= 15 is 0 Å². The molecule has 0 aromatic rings. The summed E-state index contributed by atoms with van der Waals surface area (Å²) in [7, 11) is 0. The fourth-order valence-corrected chi connectivity index (χ4v) is 9.94. The van der Waals surface area contributed by atoms with Gasteiger partial charge in [0.05, 0.1) is 0 Å². The van der Waals surface area contributed by atoms with Crippen LogP contribution in [0, 0.1) is 0 Å². The third-order valence-electron chi connectivity index (χ3n) is 15.2. The maximum Gasteiger partial charge on any atom is 0.306 e. The van der Waals surface area contributed by atoms with Crippen molar-refractivity contribution in [3.8, 4) is 0 Å². The molecule has 0 amide bonds. The van der Waals surface area contributed by atoms with Gasteiger partial charge in [0, 0.05) is 19.3 Å². The molecule has 83 heavy (non-hydrogen) atoms. The Morgan fingerprint density at radius 3 is 0.735 bits per heavy atom. The van der Waals surface area contributed by atoms with Crippen molar-refractivity contribution in [1.82, 2.24) is 0 Å². The molecule has 0 N–H and O–H groups in total. The van der Waals surface area contributed by atoms with E-state index in [4.69, 9.17) is 14.2 Å². The van der Waals surface area contributed by atoms with Gasteiger partial charge < -0.3 is 14.2 Å². The Hall–Kier alpha value is -3.93. The first-order valence-corrected chi connectivity index (χ1v) is 35.4. The smallest absolute Gasteiger partial charge is 0.306 e. The van der Waals surface area contributed by atoms with E-state index < -0.39 is 6.10 Å². The first-order chi connectivity index (χ1) is 41.0. The number of carbonyl (C=O) groups is 3. The van der Waals surface area contributed by atoms with Crippen LogP contribution in [0.2, 0.25) is 0 Å². The van der Waals surface area contributed by atoms with Crippen LogP contribution < -0.4 is 0 Å². The number of unbranched alkanes of at least 4 members (excludes halogenated alkanes) is 35. The van der Waals surface area contributed by atoms with Gasteiger partial charge in [0.15, 0.2) is 6.10 Å². The van der Waals surface area contributed by atoms with Crippen LogP contribution in [0.1, 0.15) is 342 Å². The molecule has 0 saturated heterocycles. The molecule has 0 saturated carbocycles. The van der Waals surface area contributed by atoms with Crippen molar-refractivity contribution < 1.29 is 28.6 Å². The Kier molecular flexibility index (Phi) is 67.2. The van der Waals surface area contributed by atoms with E-state index in [0.717, 1.165) is 116 Å². The molecule has 6 nitrogen and oxygen atoms in total. The monoisotopic (exact) mass is 1150 g/mol. The van der Waals surface area contributed by atoms with E-state index in [1.165, 1.54) is 186 Å². The van der Waals surface area contributed by atoms with Crippen LogP contribution >= 0.6 is 0 Å². The zero-order valence-electron chi connectivity index (χ0n) is 54.7. The van der Waals surface area contributed by atoms with E-state index in [-0.39, 0.29) is 31.1 Å². The fraction of sp³-hybridized carbons (Fsp3) is 0.727. The quantitative estimate of drug-likeness (QED) is 0.0261. The molecule has 0 aliphatic carbocycles. The molecule has 1 atom stereocenters. The van der Waals surface area contributed by atoms with Crippen molar-refractivity contribution in [3.63, 3.8) is 0 Å². The van der Waals surface area contributed by atoms with Gasteiger partial charge in [0.25, 0.3) is 0 Å². The van der Waals surface area contributed by atoms with Crippen LogP contribution in [0.25, 0.3) is 0 Å². The minimum Gasteiger partial charge on any atom is -0.462 e. The molecule has 0 radical (unpaired) electrons. The predicted octanol–water partition coefficient (Wildman–Crippen LogP) is 24.6. The fourth-order valence-electron chi connectivity index (χ4n) is 9.94. The maximum absolute atomic E-state index is 13.0. The molecule has 0 aliphatic rings. The molecule has 1 unspecified atom stereocenters. The molecule has 0 heterocycles. The summed E-state index contributed by atoms with van der Waals surface area (Å²) in [6.07, 6.45) is 96.7. The van der Waals surface area contributed by atoms with Crippen LogP contribution in [0.4, 0.5) is 0 Å². The Bertz CT molecular complexity index is 1660. The summed E-state index contributed by atoms with van der Waals surface area (Å²) in [5.41, 5.74) is 0. The number of hydrogen-bond acceptors (Lipinski definition) is 6. The molecule has 0 aliphatic heterocycles. The minimum absolute atomic E-state index is 0.0867. The Morgan fingerprint density at radius 1 is 0.253 bits per heavy atom. The van der Waals surface area contributed by atoms with Crippen LogP contribution in [-0.4, -0.2) is 37.2 Å². The van der Waals surface area contributed by atoms with Crippen LogP contribution in [0.3, 0.4) is 0 Å².